The number of aromatic nitrogens is 3. The Bertz CT molecular complexity index is 1330. The van der Waals surface area contributed by atoms with E-state index in [0.29, 0.717) is 17.1 Å². The lowest BCUT2D eigenvalue weighted by Crippen LogP contribution is -2.15. The summed E-state index contributed by atoms with van der Waals surface area (Å²) in [6, 6.07) is 16.5. The number of rotatable bonds is 3. The Labute approximate surface area is 176 Å². The molecule has 1 amide bonds. The molecule has 1 aromatic heterocycles. The molecule has 0 aliphatic carbocycles. The van der Waals surface area contributed by atoms with Crippen molar-refractivity contribution >= 4 is 23.0 Å². The Morgan fingerprint density at radius 2 is 1.90 bits per heavy atom. The van der Waals surface area contributed by atoms with Gasteiger partial charge in [0.15, 0.2) is 0 Å². The van der Waals surface area contributed by atoms with Crippen LogP contribution in [0.2, 0.25) is 0 Å². The minimum Gasteiger partial charge on any atom is -0.507 e. The third-order valence-electron chi connectivity index (χ3n) is 5.00. The second-order valence-corrected chi connectivity index (χ2v) is 7.05. The Kier molecular flexibility index (Phi) is 4.51. The lowest BCUT2D eigenvalue weighted by Gasteiger charge is -2.11. The van der Waals surface area contributed by atoms with Crippen molar-refractivity contribution in [3.8, 4) is 22.6 Å². The van der Waals surface area contributed by atoms with Gasteiger partial charge in [0.25, 0.3) is 0 Å². The van der Waals surface area contributed by atoms with Gasteiger partial charge in [-0.3, -0.25) is 4.79 Å². The zero-order valence-electron chi connectivity index (χ0n) is 16.2. The molecule has 0 atom stereocenters. The van der Waals surface area contributed by atoms with Crippen molar-refractivity contribution in [3.63, 3.8) is 0 Å². The van der Waals surface area contributed by atoms with Crippen LogP contribution in [-0.2, 0) is 4.79 Å². The van der Waals surface area contributed by atoms with E-state index in [1.807, 2.05) is 24.3 Å². The summed E-state index contributed by atoms with van der Waals surface area (Å²) in [6.45, 7) is 0. The summed E-state index contributed by atoms with van der Waals surface area (Å²) in [5, 5.41) is 21.2. The highest BCUT2D eigenvalue weighted by Gasteiger charge is 2.21. The van der Waals surface area contributed by atoms with Crippen molar-refractivity contribution in [1.82, 2.24) is 15.0 Å². The largest absolute Gasteiger partial charge is 0.507 e. The number of anilines is 1. The molecule has 0 unspecified atom stereocenters. The molecule has 4 aromatic rings. The SMILES string of the molecule is O=C1CC(c2cccc(-n3ccnn3)c2)=Nc2cc(O)c(-c3ccccc3F)cc2N1. The number of carbonyl (C=O) groups excluding carboxylic acids is 1. The number of benzene rings is 3. The highest BCUT2D eigenvalue weighted by Crippen LogP contribution is 2.40. The maximum atomic E-state index is 14.2. The molecule has 1 aliphatic rings. The summed E-state index contributed by atoms with van der Waals surface area (Å²) in [6.07, 6.45) is 3.35. The van der Waals surface area contributed by atoms with Crippen LogP contribution in [0.3, 0.4) is 0 Å². The Morgan fingerprint density at radius 1 is 1.03 bits per heavy atom. The van der Waals surface area contributed by atoms with Crippen LogP contribution in [0.15, 0.2) is 78.0 Å². The number of aliphatic imine (C=N–C) groups is 1. The van der Waals surface area contributed by atoms with Gasteiger partial charge in [0, 0.05) is 17.2 Å². The highest BCUT2D eigenvalue weighted by molar-refractivity contribution is 6.17. The topological polar surface area (TPSA) is 92.4 Å². The van der Waals surface area contributed by atoms with Crippen LogP contribution in [0.1, 0.15) is 12.0 Å². The molecule has 5 rings (SSSR count). The first-order valence-electron chi connectivity index (χ1n) is 9.55. The Morgan fingerprint density at radius 3 is 2.71 bits per heavy atom. The van der Waals surface area contributed by atoms with Gasteiger partial charge in [0.05, 0.1) is 41.6 Å². The van der Waals surface area contributed by atoms with Gasteiger partial charge in [-0.2, -0.15) is 0 Å². The third kappa shape index (κ3) is 3.55. The molecule has 8 heteroatoms. The van der Waals surface area contributed by atoms with Crippen molar-refractivity contribution in [2.24, 2.45) is 4.99 Å². The summed E-state index contributed by atoms with van der Waals surface area (Å²) in [4.78, 5) is 17.2. The number of halogens is 1. The number of hydrogen-bond acceptors (Lipinski definition) is 5. The molecule has 0 saturated carbocycles. The highest BCUT2D eigenvalue weighted by atomic mass is 19.1. The van der Waals surface area contributed by atoms with E-state index in [2.05, 4.69) is 20.6 Å². The molecule has 0 bridgehead atoms. The van der Waals surface area contributed by atoms with Crippen LogP contribution in [0, 0.1) is 5.82 Å². The number of phenols is 1. The summed E-state index contributed by atoms with van der Waals surface area (Å²) in [5.74, 6) is -0.847. The van der Waals surface area contributed by atoms with Gasteiger partial charge in [-0.1, -0.05) is 35.5 Å². The monoisotopic (exact) mass is 413 g/mol. The second-order valence-electron chi connectivity index (χ2n) is 7.05. The van der Waals surface area contributed by atoms with Crippen molar-refractivity contribution in [2.75, 3.05) is 5.32 Å². The minimum atomic E-state index is -0.466. The predicted molar refractivity (Wildman–Crippen MR) is 114 cm³/mol. The van der Waals surface area contributed by atoms with Crippen LogP contribution in [0.4, 0.5) is 15.8 Å². The first kappa shape index (κ1) is 18.7. The molecular formula is C23H16FN5O2. The lowest BCUT2D eigenvalue weighted by atomic mass is 10.0. The number of hydrogen-bond donors (Lipinski definition) is 2. The van der Waals surface area contributed by atoms with Gasteiger partial charge in [0.2, 0.25) is 5.91 Å². The molecule has 7 nitrogen and oxygen atoms in total. The smallest absolute Gasteiger partial charge is 0.230 e. The molecule has 1 aliphatic heterocycles. The molecule has 3 aromatic carbocycles. The van der Waals surface area contributed by atoms with Gasteiger partial charge >= 0.3 is 0 Å². The third-order valence-corrected chi connectivity index (χ3v) is 5.00. The number of carbonyl (C=O) groups is 1. The normalized spacial score (nSPS) is 13.2. The van der Waals surface area contributed by atoms with Crippen molar-refractivity contribution < 1.29 is 14.3 Å². The summed E-state index contributed by atoms with van der Waals surface area (Å²) in [5.41, 5.74) is 3.38. The molecule has 0 radical (unpaired) electrons. The number of nitrogens with zero attached hydrogens (tertiary/aromatic N) is 4. The summed E-state index contributed by atoms with van der Waals surface area (Å²) in [7, 11) is 0. The zero-order valence-corrected chi connectivity index (χ0v) is 16.2. The number of phenolic OH excluding ortho intramolecular Hbond substituents is 1. The summed E-state index contributed by atoms with van der Waals surface area (Å²) >= 11 is 0. The van der Waals surface area contributed by atoms with Gasteiger partial charge in [-0.05, 0) is 29.8 Å². The number of amides is 1. The zero-order chi connectivity index (χ0) is 21.4. The van der Waals surface area contributed by atoms with Crippen molar-refractivity contribution in [1.29, 1.82) is 0 Å². The van der Waals surface area contributed by atoms with E-state index in [1.54, 1.807) is 41.3 Å². The average molecular weight is 413 g/mol. The maximum Gasteiger partial charge on any atom is 0.230 e. The lowest BCUT2D eigenvalue weighted by molar-refractivity contribution is -0.115. The fourth-order valence-electron chi connectivity index (χ4n) is 3.54. The molecule has 0 saturated heterocycles. The van der Waals surface area contributed by atoms with Gasteiger partial charge in [0.1, 0.15) is 11.6 Å². The number of nitrogens with one attached hydrogen (secondary N) is 1. The van der Waals surface area contributed by atoms with Crippen LogP contribution in [-0.4, -0.2) is 31.7 Å². The van der Waals surface area contributed by atoms with E-state index in [0.717, 1.165) is 11.3 Å². The number of aromatic hydroxyl groups is 1. The molecule has 0 fully saturated rings. The van der Waals surface area contributed by atoms with E-state index in [-0.39, 0.29) is 29.2 Å². The molecule has 2 heterocycles. The summed E-state index contributed by atoms with van der Waals surface area (Å²) < 4.78 is 15.9. The van der Waals surface area contributed by atoms with E-state index in [4.69, 9.17) is 0 Å². The quantitative estimate of drug-likeness (QED) is 0.492. The van der Waals surface area contributed by atoms with Crippen molar-refractivity contribution in [2.45, 2.75) is 6.42 Å². The van der Waals surface area contributed by atoms with Crippen LogP contribution in [0.25, 0.3) is 16.8 Å². The fraction of sp³-hybridized carbons (Fsp3) is 0.0435. The van der Waals surface area contributed by atoms with Crippen LogP contribution >= 0.6 is 0 Å². The van der Waals surface area contributed by atoms with Gasteiger partial charge < -0.3 is 10.4 Å². The predicted octanol–water partition coefficient (Wildman–Crippen LogP) is 4.24. The van der Waals surface area contributed by atoms with E-state index in [9.17, 15) is 14.3 Å². The Hall–Kier alpha value is -4.33. The molecule has 152 valence electrons. The molecule has 2 N–H and O–H groups in total. The van der Waals surface area contributed by atoms with Crippen molar-refractivity contribution in [3.05, 3.63) is 84.4 Å². The average Bonchev–Trinajstić information content (AvgIpc) is 3.25. The maximum absolute atomic E-state index is 14.2. The second kappa shape index (κ2) is 7.49. The van der Waals surface area contributed by atoms with Gasteiger partial charge in [-0.15, -0.1) is 5.10 Å². The van der Waals surface area contributed by atoms with Crippen LogP contribution in [0.5, 0.6) is 5.75 Å². The first-order valence-corrected chi connectivity index (χ1v) is 9.55. The number of fused-ring (bicyclic) bond motifs is 1. The first-order chi connectivity index (χ1) is 15.1. The molecule has 0 spiro atoms. The fourth-order valence-corrected chi connectivity index (χ4v) is 3.54. The van der Waals surface area contributed by atoms with Gasteiger partial charge in [-0.25, -0.2) is 14.1 Å². The standard InChI is InChI=1S/C23H16FN5O2/c24-18-7-2-1-6-16(18)17-11-20-21(12-22(17)30)26-19(13-23(31)27-20)14-4-3-5-15(10-14)29-9-8-25-28-29/h1-12,30H,13H2,(H,27,31). The van der Waals surface area contributed by atoms with E-state index >= 15 is 0 Å². The van der Waals surface area contributed by atoms with Crippen LogP contribution < -0.4 is 5.32 Å². The van der Waals surface area contributed by atoms with E-state index in [1.165, 1.54) is 12.1 Å². The molecule has 31 heavy (non-hydrogen) atoms. The minimum absolute atomic E-state index is 0.0469. The molecular weight excluding hydrogens is 397 g/mol. The van der Waals surface area contributed by atoms with E-state index < -0.39 is 5.82 Å². The Balaban J connectivity index is 1.60.